The van der Waals surface area contributed by atoms with E-state index in [0.717, 1.165) is 43.4 Å². The number of methoxy groups -OCH3 is 1. The lowest BCUT2D eigenvalue weighted by molar-refractivity contribution is -0.173. The summed E-state index contributed by atoms with van der Waals surface area (Å²) in [7, 11) is 1.66. The Bertz CT molecular complexity index is 882. The Labute approximate surface area is 185 Å². The van der Waals surface area contributed by atoms with Gasteiger partial charge in [-0.3, -0.25) is 9.59 Å². The summed E-state index contributed by atoms with van der Waals surface area (Å²) in [4.78, 5) is 28.7. The molecule has 5 heteroatoms. The summed E-state index contributed by atoms with van der Waals surface area (Å²) < 4.78 is 5.27. The molecule has 4 fully saturated rings. The first-order valence-corrected chi connectivity index (χ1v) is 11.9. The molecule has 3 saturated carbocycles. The highest BCUT2D eigenvalue weighted by Gasteiger charge is 2.64. The Balaban J connectivity index is 1.44. The zero-order chi connectivity index (χ0) is 22.0. The Kier molecular flexibility index (Phi) is 4.96. The monoisotopic (exact) mass is 425 g/mol. The molecule has 3 aliphatic carbocycles. The van der Waals surface area contributed by atoms with Crippen molar-refractivity contribution < 1.29 is 19.4 Å². The lowest BCUT2D eigenvalue weighted by Crippen LogP contribution is -2.64. The van der Waals surface area contributed by atoms with E-state index in [9.17, 15) is 14.7 Å². The van der Waals surface area contributed by atoms with Crippen LogP contribution in [0.4, 0.5) is 0 Å². The minimum Gasteiger partial charge on any atom is -0.497 e. The SMILES string of the molecule is COc1ccc(CN2C(=O)CCC3(C)C4C(=O)CC5(C)C(O)CC[C@H]5C4CCC23)cc1. The first-order valence-electron chi connectivity index (χ1n) is 11.9. The molecule has 1 N–H and O–H groups in total. The topological polar surface area (TPSA) is 66.8 Å². The van der Waals surface area contributed by atoms with Crippen molar-refractivity contribution in [2.75, 3.05) is 7.11 Å². The lowest BCUT2D eigenvalue weighted by Gasteiger charge is -2.61. The molecule has 1 amide bonds. The summed E-state index contributed by atoms with van der Waals surface area (Å²) in [5, 5.41) is 10.7. The summed E-state index contributed by atoms with van der Waals surface area (Å²) >= 11 is 0. The number of rotatable bonds is 3. The van der Waals surface area contributed by atoms with Crippen molar-refractivity contribution in [2.45, 2.75) is 77.5 Å². The maximum Gasteiger partial charge on any atom is 0.223 e. The molecule has 1 aliphatic heterocycles. The molecule has 7 atom stereocenters. The molecule has 4 aliphatic rings. The van der Waals surface area contributed by atoms with Crippen LogP contribution in [-0.4, -0.2) is 41.0 Å². The number of ketones is 1. The van der Waals surface area contributed by atoms with Gasteiger partial charge in [0, 0.05) is 36.8 Å². The van der Waals surface area contributed by atoms with E-state index in [2.05, 4.69) is 18.7 Å². The van der Waals surface area contributed by atoms with Crippen LogP contribution in [0.3, 0.4) is 0 Å². The van der Waals surface area contributed by atoms with Gasteiger partial charge in [0.2, 0.25) is 5.91 Å². The highest BCUT2D eigenvalue weighted by molar-refractivity contribution is 5.85. The first-order chi connectivity index (χ1) is 14.8. The van der Waals surface area contributed by atoms with E-state index in [1.807, 2.05) is 24.3 Å². The van der Waals surface area contributed by atoms with Crippen LogP contribution in [-0.2, 0) is 16.1 Å². The van der Waals surface area contributed by atoms with Crippen molar-refractivity contribution >= 4 is 11.7 Å². The number of hydrogen-bond acceptors (Lipinski definition) is 4. The molecule has 1 aromatic rings. The van der Waals surface area contributed by atoms with Crippen molar-refractivity contribution in [1.82, 2.24) is 4.90 Å². The summed E-state index contributed by atoms with van der Waals surface area (Å²) in [5.41, 5.74) is 0.672. The molecule has 1 saturated heterocycles. The predicted molar refractivity (Wildman–Crippen MR) is 117 cm³/mol. The van der Waals surface area contributed by atoms with Gasteiger partial charge in [-0.05, 0) is 67.1 Å². The van der Waals surface area contributed by atoms with E-state index in [4.69, 9.17) is 4.74 Å². The zero-order valence-electron chi connectivity index (χ0n) is 19.0. The van der Waals surface area contributed by atoms with Gasteiger partial charge in [0.1, 0.15) is 11.5 Å². The smallest absolute Gasteiger partial charge is 0.223 e. The summed E-state index contributed by atoms with van der Waals surface area (Å²) in [6, 6.07) is 8.05. The van der Waals surface area contributed by atoms with Crippen LogP contribution in [0.1, 0.15) is 64.4 Å². The molecule has 0 spiro atoms. The highest BCUT2D eigenvalue weighted by atomic mass is 16.5. The third-order valence-corrected chi connectivity index (χ3v) is 9.54. The van der Waals surface area contributed by atoms with Crippen LogP contribution in [0.25, 0.3) is 0 Å². The van der Waals surface area contributed by atoms with Gasteiger partial charge >= 0.3 is 0 Å². The fourth-order valence-electron chi connectivity index (χ4n) is 7.92. The molecule has 0 bridgehead atoms. The Hall–Kier alpha value is -1.88. The van der Waals surface area contributed by atoms with Crippen molar-refractivity contribution in [2.24, 2.45) is 28.6 Å². The van der Waals surface area contributed by atoms with E-state index in [1.54, 1.807) is 7.11 Å². The summed E-state index contributed by atoms with van der Waals surface area (Å²) in [6.07, 6.45) is 5.24. The number of hydrogen-bond donors (Lipinski definition) is 1. The van der Waals surface area contributed by atoms with Gasteiger partial charge in [-0.15, -0.1) is 0 Å². The maximum atomic E-state index is 13.6. The van der Waals surface area contributed by atoms with Crippen molar-refractivity contribution in [3.63, 3.8) is 0 Å². The van der Waals surface area contributed by atoms with E-state index in [0.29, 0.717) is 37.0 Å². The molecule has 31 heavy (non-hydrogen) atoms. The number of amides is 1. The standard InChI is InChI=1S/C26H35NO4/c1-25-13-12-23(30)27(15-16-4-6-17(31-3)7-5-16)21(25)10-8-18-19-9-11-22(29)26(19,2)14-20(28)24(18)25/h4-7,18-19,21-22,24,29H,8-15H2,1-3H3/t18?,19-,21?,22?,24?,25?,26?/m0/s1. The second-order valence-electron chi connectivity index (χ2n) is 11.0. The van der Waals surface area contributed by atoms with Crippen LogP contribution in [0, 0.1) is 28.6 Å². The summed E-state index contributed by atoms with van der Waals surface area (Å²) in [6.45, 7) is 5.00. The molecular weight excluding hydrogens is 390 g/mol. The molecule has 1 heterocycles. The number of aliphatic hydroxyl groups excluding tert-OH is 1. The Morgan fingerprint density at radius 1 is 1.06 bits per heavy atom. The van der Waals surface area contributed by atoms with E-state index < -0.39 is 0 Å². The molecule has 168 valence electrons. The van der Waals surface area contributed by atoms with Gasteiger partial charge in [0.05, 0.1) is 13.2 Å². The van der Waals surface area contributed by atoms with Gasteiger partial charge in [0.25, 0.3) is 0 Å². The average Bonchev–Trinajstić information content (AvgIpc) is 3.04. The summed E-state index contributed by atoms with van der Waals surface area (Å²) in [5.74, 6) is 2.14. The fraction of sp³-hybridized carbons (Fsp3) is 0.692. The van der Waals surface area contributed by atoms with Gasteiger partial charge in [-0.1, -0.05) is 26.0 Å². The molecule has 5 nitrogen and oxygen atoms in total. The van der Waals surface area contributed by atoms with Gasteiger partial charge < -0.3 is 14.7 Å². The molecule has 0 radical (unpaired) electrons. The number of carbonyl (C=O) groups excluding carboxylic acids is 2. The predicted octanol–water partition coefficient (Wildman–Crippen LogP) is 3.97. The Morgan fingerprint density at radius 3 is 2.52 bits per heavy atom. The van der Waals surface area contributed by atoms with E-state index in [-0.39, 0.29) is 34.8 Å². The minimum absolute atomic E-state index is 0.0149. The van der Waals surface area contributed by atoms with Gasteiger partial charge in [0.15, 0.2) is 0 Å². The normalized spacial score (nSPS) is 42.1. The third kappa shape index (κ3) is 3.06. The van der Waals surface area contributed by atoms with Crippen LogP contribution < -0.4 is 4.74 Å². The lowest BCUT2D eigenvalue weighted by atomic mass is 9.47. The second-order valence-corrected chi connectivity index (χ2v) is 11.0. The van der Waals surface area contributed by atoms with Crippen LogP contribution in [0.15, 0.2) is 24.3 Å². The number of carbonyl (C=O) groups is 2. The van der Waals surface area contributed by atoms with Gasteiger partial charge in [-0.2, -0.15) is 0 Å². The zero-order valence-corrected chi connectivity index (χ0v) is 19.0. The number of likely N-dealkylation sites (tertiary alicyclic amines) is 1. The number of aliphatic hydroxyl groups is 1. The molecule has 6 unspecified atom stereocenters. The number of ether oxygens (including phenoxy) is 1. The fourth-order valence-corrected chi connectivity index (χ4v) is 7.92. The van der Waals surface area contributed by atoms with Crippen molar-refractivity contribution in [3.8, 4) is 5.75 Å². The maximum absolute atomic E-state index is 13.6. The van der Waals surface area contributed by atoms with Crippen LogP contribution in [0.2, 0.25) is 0 Å². The molecule has 0 aromatic heterocycles. The number of Topliss-reactive ketones (excluding diaryl/α,β-unsaturated/α-hetero) is 1. The van der Waals surface area contributed by atoms with Crippen molar-refractivity contribution in [1.29, 1.82) is 0 Å². The average molecular weight is 426 g/mol. The minimum atomic E-state index is -0.354. The number of piperidine rings is 1. The molecular formula is C26H35NO4. The molecule has 5 rings (SSSR count). The quantitative estimate of drug-likeness (QED) is 0.796. The van der Waals surface area contributed by atoms with Crippen LogP contribution in [0.5, 0.6) is 5.75 Å². The number of nitrogens with zero attached hydrogens (tertiary/aromatic N) is 1. The second kappa shape index (κ2) is 7.33. The largest absolute Gasteiger partial charge is 0.497 e. The van der Waals surface area contributed by atoms with E-state index >= 15 is 0 Å². The first kappa shape index (κ1) is 21.0. The van der Waals surface area contributed by atoms with Crippen LogP contribution >= 0.6 is 0 Å². The highest BCUT2D eigenvalue weighted by Crippen LogP contribution is 2.63. The van der Waals surface area contributed by atoms with Gasteiger partial charge in [-0.25, -0.2) is 0 Å². The van der Waals surface area contributed by atoms with E-state index in [1.165, 1.54) is 0 Å². The third-order valence-electron chi connectivity index (χ3n) is 9.54. The number of benzene rings is 1. The Morgan fingerprint density at radius 2 is 1.81 bits per heavy atom. The van der Waals surface area contributed by atoms with Crippen molar-refractivity contribution in [3.05, 3.63) is 29.8 Å². The molecule has 1 aromatic carbocycles. The number of fused-ring (bicyclic) bond motifs is 5.